The second-order valence-electron chi connectivity index (χ2n) is 5.75. The number of hydrogen-bond donors (Lipinski definition) is 2. The van der Waals surface area contributed by atoms with Crippen LogP contribution in [-0.2, 0) is 4.74 Å². The SMILES string of the molecule is CCOCCNC(=NC)NCC(c1ccccc1)N1CCCC1.I. The van der Waals surface area contributed by atoms with Crippen LogP contribution in [0.2, 0.25) is 0 Å². The molecular weight excluding hydrogens is 415 g/mol. The van der Waals surface area contributed by atoms with E-state index in [1.807, 2.05) is 14.0 Å². The topological polar surface area (TPSA) is 48.9 Å². The van der Waals surface area contributed by atoms with Crippen LogP contribution in [-0.4, -0.2) is 57.3 Å². The molecule has 1 aliphatic rings. The van der Waals surface area contributed by atoms with Gasteiger partial charge in [0.05, 0.1) is 12.6 Å². The summed E-state index contributed by atoms with van der Waals surface area (Å²) in [5, 5.41) is 6.76. The highest BCUT2D eigenvalue weighted by Crippen LogP contribution is 2.24. The molecule has 6 heteroatoms. The Balaban J connectivity index is 0.00000288. The monoisotopic (exact) mass is 446 g/mol. The summed E-state index contributed by atoms with van der Waals surface area (Å²) >= 11 is 0. The largest absolute Gasteiger partial charge is 0.380 e. The van der Waals surface area contributed by atoms with E-state index in [4.69, 9.17) is 4.74 Å². The lowest BCUT2D eigenvalue weighted by Crippen LogP contribution is -2.43. The molecule has 1 atom stereocenters. The summed E-state index contributed by atoms with van der Waals surface area (Å²) in [7, 11) is 1.81. The van der Waals surface area contributed by atoms with Gasteiger partial charge in [-0.25, -0.2) is 0 Å². The lowest BCUT2D eigenvalue weighted by Gasteiger charge is -2.29. The van der Waals surface area contributed by atoms with Crippen LogP contribution in [0, 0.1) is 0 Å². The molecule has 0 amide bonds. The number of nitrogens with one attached hydrogen (secondary N) is 2. The average molecular weight is 446 g/mol. The standard InChI is InChI=1S/C18H30N4O.HI/c1-3-23-14-11-20-18(19-2)21-15-17(22-12-7-8-13-22)16-9-5-4-6-10-16;/h4-6,9-10,17H,3,7-8,11-15H2,1-2H3,(H2,19,20,21);1H. The Hall–Kier alpha value is -0.860. The van der Waals surface area contributed by atoms with Crippen molar-refractivity contribution in [2.75, 3.05) is 46.4 Å². The number of guanidine groups is 1. The molecule has 0 spiro atoms. The van der Waals surface area contributed by atoms with Crippen molar-refractivity contribution in [3.8, 4) is 0 Å². The summed E-state index contributed by atoms with van der Waals surface area (Å²) in [5.41, 5.74) is 1.37. The van der Waals surface area contributed by atoms with E-state index in [1.165, 1.54) is 31.5 Å². The maximum atomic E-state index is 5.35. The van der Waals surface area contributed by atoms with E-state index in [9.17, 15) is 0 Å². The molecule has 1 unspecified atom stereocenters. The molecule has 136 valence electrons. The maximum Gasteiger partial charge on any atom is 0.191 e. The van der Waals surface area contributed by atoms with E-state index in [-0.39, 0.29) is 24.0 Å². The minimum absolute atomic E-state index is 0. The molecule has 1 aromatic rings. The predicted molar refractivity (Wildman–Crippen MR) is 111 cm³/mol. The second-order valence-corrected chi connectivity index (χ2v) is 5.75. The average Bonchev–Trinajstić information content (AvgIpc) is 3.12. The first-order valence-electron chi connectivity index (χ1n) is 8.66. The number of rotatable bonds is 8. The van der Waals surface area contributed by atoms with E-state index in [0.29, 0.717) is 12.6 Å². The first-order chi connectivity index (χ1) is 11.3. The predicted octanol–water partition coefficient (Wildman–Crippen LogP) is 2.64. The fraction of sp³-hybridized carbons (Fsp3) is 0.611. The molecule has 1 aromatic carbocycles. The second kappa shape index (κ2) is 12.5. The Kier molecular flexibility index (Phi) is 11.0. The molecule has 1 saturated heterocycles. The Bertz CT molecular complexity index is 463. The van der Waals surface area contributed by atoms with Crippen LogP contribution in [0.15, 0.2) is 35.3 Å². The van der Waals surface area contributed by atoms with Gasteiger partial charge in [-0.1, -0.05) is 30.3 Å². The number of benzene rings is 1. The number of halogens is 1. The fourth-order valence-electron chi connectivity index (χ4n) is 2.99. The van der Waals surface area contributed by atoms with Gasteiger partial charge in [-0.15, -0.1) is 24.0 Å². The third-order valence-corrected chi connectivity index (χ3v) is 4.20. The van der Waals surface area contributed by atoms with Gasteiger partial charge in [-0.05, 0) is 38.4 Å². The molecule has 2 N–H and O–H groups in total. The van der Waals surface area contributed by atoms with Gasteiger partial charge >= 0.3 is 0 Å². The van der Waals surface area contributed by atoms with Crippen LogP contribution in [0.1, 0.15) is 31.4 Å². The Morgan fingerprint density at radius 3 is 2.54 bits per heavy atom. The molecule has 1 fully saturated rings. The van der Waals surface area contributed by atoms with Crippen LogP contribution < -0.4 is 10.6 Å². The van der Waals surface area contributed by atoms with Crippen molar-refractivity contribution in [2.24, 2.45) is 4.99 Å². The summed E-state index contributed by atoms with van der Waals surface area (Å²) in [4.78, 5) is 6.86. The van der Waals surface area contributed by atoms with Gasteiger partial charge in [0, 0.05) is 26.7 Å². The summed E-state index contributed by atoms with van der Waals surface area (Å²) < 4.78 is 5.35. The highest BCUT2D eigenvalue weighted by Gasteiger charge is 2.23. The summed E-state index contributed by atoms with van der Waals surface area (Å²) in [6.07, 6.45) is 2.59. The van der Waals surface area contributed by atoms with Gasteiger partial charge in [0.15, 0.2) is 5.96 Å². The summed E-state index contributed by atoms with van der Waals surface area (Å²) in [5.74, 6) is 0.838. The minimum atomic E-state index is 0. The highest BCUT2D eigenvalue weighted by atomic mass is 127. The number of nitrogens with zero attached hydrogens (tertiary/aromatic N) is 2. The molecular formula is C18H31IN4O. The number of likely N-dealkylation sites (tertiary alicyclic amines) is 1. The minimum Gasteiger partial charge on any atom is -0.380 e. The number of ether oxygens (including phenoxy) is 1. The molecule has 0 radical (unpaired) electrons. The van der Waals surface area contributed by atoms with Crippen molar-refractivity contribution in [3.05, 3.63) is 35.9 Å². The first kappa shape index (κ1) is 21.2. The lowest BCUT2D eigenvalue weighted by atomic mass is 10.1. The van der Waals surface area contributed by atoms with Crippen LogP contribution in [0.4, 0.5) is 0 Å². The zero-order valence-corrected chi connectivity index (χ0v) is 17.2. The Labute approximate surface area is 163 Å². The Morgan fingerprint density at radius 1 is 1.21 bits per heavy atom. The number of aliphatic imine (C=N–C) groups is 1. The van der Waals surface area contributed by atoms with Gasteiger partial charge < -0.3 is 15.4 Å². The van der Waals surface area contributed by atoms with Crippen LogP contribution in [0.3, 0.4) is 0 Å². The molecule has 1 aliphatic heterocycles. The van der Waals surface area contributed by atoms with Crippen molar-refractivity contribution in [1.29, 1.82) is 0 Å². The van der Waals surface area contributed by atoms with E-state index in [0.717, 1.165) is 25.7 Å². The van der Waals surface area contributed by atoms with Crippen LogP contribution >= 0.6 is 24.0 Å². The number of hydrogen-bond acceptors (Lipinski definition) is 3. The molecule has 24 heavy (non-hydrogen) atoms. The quantitative estimate of drug-likeness (QED) is 0.279. The van der Waals surface area contributed by atoms with E-state index in [2.05, 4.69) is 50.9 Å². The van der Waals surface area contributed by atoms with Crippen molar-refractivity contribution >= 4 is 29.9 Å². The van der Waals surface area contributed by atoms with Crippen molar-refractivity contribution < 1.29 is 4.74 Å². The van der Waals surface area contributed by atoms with Crippen molar-refractivity contribution in [3.63, 3.8) is 0 Å². The van der Waals surface area contributed by atoms with Crippen LogP contribution in [0.5, 0.6) is 0 Å². The molecule has 1 heterocycles. The fourth-order valence-corrected chi connectivity index (χ4v) is 2.99. The van der Waals surface area contributed by atoms with Crippen molar-refractivity contribution in [1.82, 2.24) is 15.5 Å². The molecule has 2 rings (SSSR count). The molecule has 0 saturated carbocycles. The first-order valence-corrected chi connectivity index (χ1v) is 8.66. The molecule has 5 nitrogen and oxygen atoms in total. The molecule has 0 aromatic heterocycles. The molecule has 0 aliphatic carbocycles. The Morgan fingerprint density at radius 2 is 1.92 bits per heavy atom. The summed E-state index contributed by atoms with van der Waals surface area (Å²) in [6, 6.07) is 11.1. The van der Waals surface area contributed by atoms with Gasteiger partial charge in [0.1, 0.15) is 0 Å². The van der Waals surface area contributed by atoms with Gasteiger partial charge in [0.2, 0.25) is 0 Å². The normalized spacial score (nSPS) is 16.5. The lowest BCUT2D eigenvalue weighted by molar-refractivity contribution is 0.152. The zero-order chi connectivity index (χ0) is 16.3. The van der Waals surface area contributed by atoms with Crippen LogP contribution in [0.25, 0.3) is 0 Å². The van der Waals surface area contributed by atoms with Gasteiger partial charge in [-0.2, -0.15) is 0 Å². The van der Waals surface area contributed by atoms with E-state index < -0.39 is 0 Å². The van der Waals surface area contributed by atoms with E-state index in [1.54, 1.807) is 0 Å². The zero-order valence-electron chi connectivity index (χ0n) is 14.8. The smallest absolute Gasteiger partial charge is 0.191 e. The molecule has 0 bridgehead atoms. The van der Waals surface area contributed by atoms with Crippen molar-refractivity contribution in [2.45, 2.75) is 25.8 Å². The van der Waals surface area contributed by atoms with E-state index >= 15 is 0 Å². The third-order valence-electron chi connectivity index (χ3n) is 4.20. The summed E-state index contributed by atoms with van der Waals surface area (Å²) in [6.45, 7) is 7.44. The third kappa shape index (κ3) is 6.94. The van der Waals surface area contributed by atoms with Gasteiger partial charge in [-0.3, -0.25) is 9.89 Å². The highest BCUT2D eigenvalue weighted by molar-refractivity contribution is 14.0. The maximum absolute atomic E-state index is 5.35. The van der Waals surface area contributed by atoms with Gasteiger partial charge in [0.25, 0.3) is 0 Å².